The van der Waals surface area contributed by atoms with Crippen molar-refractivity contribution in [3.8, 4) is 5.75 Å². The number of anilines is 2. The van der Waals surface area contributed by atoms with Gasteiger partial charge in [0, 0.05) is 0 Å². The number of hydrogen-bond acceptors (Lipinski definition) is 5. The fourth-order valence-electron chi connectivity index (χ4n) is 1.72. The Morgan fingerprint density at radius 1 is 1.20 bits per heavy atom. The predicted octanol–water partition coefficient (Wildman–Crippen LogP) is 2.10. The first-order valence-electron chi connectivity index (χ1n) is 6.11. The monoisotopic (exact) mass is 280 g/mol. The van der Waals surface area contributed by atoms with Crippen molar-refractivity contribution in [2.45, 2.75) is 26.2 Å². The summed E-state index contributed by atoms with van der Waals surface area (Å²) in [5.41, 5.74) is 4.51. The lowest BCUT2D eigenvalue weighted by molar-refractivity contribution is -0.127. The molecule has 0 saturated carbocycles. The molecule has 0 aliphatic rings. The van der Waals surface area contributed by atoms with Gasteiger partial charge in [-0.25, -0.2) is 0 Å². The van der Waals surface area contributed by atoms with E-state index in [1.54, 1.807) is 6.07 Å². The first-order valence-corrected chi connectivity index (χ1v) is 6.11. The van der Waals surface area contributed by atoms with Gasteiger partial charge >= 0.3 is 0 Å². The molecule has 0 bridgehead atoms. The van der Waals surface area contributed by atoms with Crippen molar-refractivity contribution in [2.24, 2.45) is 0 Å². The summed E-state index contributed by atoms with van der Waals surface area (Å²) < 4.78 is 5.27. The Hall–Kier alpha value is -2.08. The van der Waals surface area contributed by atoms with E-state index in [1.165, 1.54) is 14.2 Å². The molecule has 1 amide bonds. The van der Waals surface area contributed by atoms with Crippen LogP contribution in [0.25, 0.3) is 0 Å². The third-order valence-corrected chi connectivity index (χ3v) is 2.74. The van der Waals surface area contributed by atoms with Crippen LogP contribution in [0.2, 0.25) is 0 Å². The van der Waals surface area contributed by atoms with Gasteiger partial charge in [0.25, 0.3) is 5.91 Å². The molecule has 0 saturated heterocycles. The van der Waals surface area contributed by atoms with Crippen LogP contribution in [0.1, 0.15) is 26.3 Å². The van der Waals surface area contributed by atoms with Gasteiger partial charge in [-0.15, -0.1) is 0 Å². The zero-order valence-electron chi connectivity index (χ0n) is 12.4. The zero-order valence-corrected chi connectivity index (χ0v) is 12.4. The Bertz CT molecular complexity index is 507. The highest BCUT2D eigenvalue weighted by atomic mass is 16.6. The third kappa shape index (κ3) is 3.71. The number of hydrogen-bond donors (Lipinski definition) is 2. The summed E-state index contributed by atoms with van der Waals surface area (Å²) in [6.45, 7) is 6.12. The second-order valence-electron chi connectivity index (χ2n) is 5.27. The van der Waals surface area contributed by atoms with E-state index in [0.717, 1.165) is 5.56 Å². The molecule has 0 heterocycles. The molecule has 20 heavy (non-hydrogen) atoms. The Morgan fingerprint density at radius 3 is 2.25 bits per heavy atom. The second-order valence-corrected chi connectivity index (χ2v) is 5.27. The SMILES string of the molecule is CONc1cc(C(C)(C)C)cc(NC(=O)C=O)c1OC. The number of rotatable bonds is 5. The molecule has 0 aliphatic heterocycles. The van der Waals surface area contributed by atoms with Gasteiger partial charge in [0.1, 0.15) is 5.69 Å². The third-order valence-electron chi connectivity index (χ3n) is 2.74. The number of nitrogens with one attached hydrogen (secondary N) is 2. The average molecular weight is 280 g/mol. The number of amides is 1. The van der Waals surface area contributed by atoms with Crippen molar-refractivity contribution < 1.29 is 19.2 Å². The highest BCUT2D eigenvalue weighted by molar-refractivity contribution is 6.29. The van der Waals surface area contributed by atoms with Gasteiger partial charge in [-0.3, -0.25) is 19.9 Å². The maximum Gasteiger partial charge on any atom is 0.288 e. The lowest BCUT2D eigenvalue weighted by Gasteiger charge is -2.23. The second kappa shape index (κ2) is 6.38. The molecule has 0 fully saturated rings. The molecule has 1 aromatic rings. The van der Waals surface area contributed by atoms with Crippen LogP contribution in [0.15, 0.2) is 12.1 Å². The molecule has 0 spiro atoms. The molecule has 6 nitrogen and oxygen atoms in total. The summed E-state index contributed by atoms with van der Waals surface area (Å²) in [5, 5.41) is 2.49. The fraction of sp³-hybridized carbons (Fsp3) is 0.429. The van der Waals surface area contributed by atoms with Crippen molar-refractivity contribution >= 4 is 23.6 Å². The topological polar surface area (TPSA) is 76.7 Å². The molecule has 110 valence electrons. The average Bonchev–Trinajstić information content (AvgIpc) is 2.37. The van der Waals surface area contributed by atoms with E-state index < -0.39 is 5.91 Å². The predicted molar refractivity (Wildman–Crippen MR) is 77.0 cm³/mol. The van der Waals surface area contributed by atoms with Gasteiger partial charge in [-0.2, -0.15) is 0 Å². The molecule has 1 rings (SSSR count). The highest BCUT2D eigenvalue weighted by Crippen LogP contribution is 2.38. The van der Waals surface area contributed by atoms with Gasteiger partial charge in [0.2, 0.25) is 6.29 Å². The van der Waals surface area contributed by atoms with Gasteiger partial charge in [0.05, 0.1) is 19.9 Å². The number of benzene rings is 1. The minimum atomic E-state index is -0.738. The van der Waals surface area contributed by atoms with Gasteiger partial charge in [0.15, 0.2) is 5.75 Å². The molecule has 0 atom stereocenters. The Kier molecular flexibility index (Phi) is 5.10. The molecular weight excluding hydrogens is 260 g/mol. The van der Waals surface area contributed by atoms with Crippen LogP contribution < -0.4 is 15.5 Å². The molecule has 0 unspecified atom stereocenters. The lowest BCUT2D eigenvalue weighted by Crippen LogP contribution is -2.17. The van der Waals surface area contributed by atoms with Gasteiger partial charge in [-0.1, -0.05) is 20.8 Å². The Morgan fingerprint density at radius 2 is 1.80 bits per heavy atom. The molecule has 0 aliphatic carbocycles. The van der Waals surface area contributed by atoms with Crippen LogP contribution in [-0.2, 0) is 19.8 Å². The number of carbonyl (C=O) groups excluding carboxylic acids is 2. The minimum Gasteiger partial charge on any atom is -0.492 e. The van der Waals surface area contributed by atoms with Crippen LogP contribution in [0.3, 0.4) is 0 Å². The molecule has 1 aromatic carbocycles. The summed E-state index contributed by atoms with van der Waals surface area (Å²) in [4.78, 5) is 26.7. The van der Waals surface area contributed by atoms with E-state index >= 15 is 0 Å². The maximum atomic E-state index is 11.3. The van der Waals surface area contributed by atoms with E-state index in [-0.39, 0.29) is 11.7 Å². The van der Waals surface area contributed by atoms with Crippen molar-refractivity contribution in [3.05, 3.63) is 17.7 Å². The van der Waals surface area contributed by atoms with Crippen molar-refractivity contribution in [1.29, 1.82) is 0 Å². The quantitative estimate of drug-likeness (QED) is 0.491. The standard InChI is InChI=1S/C14H20N2O4/c1-14(2,3)9-6-10(15-12(18)8-17)13(19-4)11(7-9)16-20-5/h6-8,16H,1-5H3,(H,15,18). The van der Waals surface area contributed by atoms with Crippen LogP contribution in [-0.4, -0.2) is 26.4 Å². The molecule has 0 aromatic heterocycles. The normalized spacial score (nSPS) is 10.8. The van der Waals surface area contributed by atoms with E-state index in [9.17, 15) is 9.59 Å². The summed E-state index contributed by atoms with van der Waals surface area (Å²) in [5.74, 6) is -0.340. The van der Waals surface area contributed by atoms with Crippen LogP contribution in [0, 0.1) is 0 Å². The highest BCUT2D eigenvalue weighted by Gasteiger charge is 2.20. The molecule has 2 N–H and O–H groups in total. The smallest absolute Gasteiger partial charge is 0.288 e. The van der Waals surface area contributed by atoms with Gasteiger partial charge < -0.3 is 10.1 Å². The van der Waals surface area contributed by atoms with Crippen molar-refractivity contribution in [2.75, 3.05) is 25.0 Å². The fourth-order valence-corrected chi connectivity index (χ4v) is 1.72. The van der Waals surface area contributed by atoms with E-state index in [0.29, 0.717) is 17.1 Å². The lowest BCUT2D eigenvalue weighted by atomic mass is 9.86. The zero-order chi connectivity index (χ0) is 15.3. The molecular formula is C14H20N2O4. The summed E-state index contributed by atoms with van der Waals surface area (Å²) >= 11 is 0. The number of ether oxygens (including phenoxy) is 1. The first kappa shape index (κ1) is 16.0. The minimum absolute atomic E-state index is 0.142. The van der Waals surface area contributed by atoms with Crippen LogP contribution >= 0.6 is 0 Å². The summed E-state index contributed by atoms with van der Waals surface area (Å²) in [6.07, 6.45) is 0.215. The number of aldehydes is 1. The summed E-state index contributed by atoms with van der Waals surface area (Å²) in [6, 6.07) is 3.65. The van der Waals surface area contributed by atoms with E-state index in [2.05, 4.69) is 10.8 Å². The summed E-state index contributed by atoms with van der Waals surface area (Å²) in [7, 11) is 2.95. The molecule has 6 heteroatoms. The van der Waals surface area contributed by atoms with Crippen LogP contribution in [0.4, 0.5) is 11.4 Å². The largest absolute Gasteiger partial charge is 0.492 e. The first-order chi connectivity index (χ1) is 9.33. The number of methoxy groups -OCH3 is 1. The van der Waals surface area contributed by atoms with E-state index in [4.69, 9.17) is 9.57 Å². The maximum absolute atomic E-state index is 11.3. The van der Waals surface area contributed by atoms with Gasteiger partial charge in [-0.05, 0) is 23.1 Å². The van der Waals surface area contributed by atoms with Crippen molar-refractivity contribution in [1.82, 2.24) is 0 Å². The van der Waals surface area contributed by atoms with Crippen molar-refractivity contribution in [3.63, 3.8) is 0 Å². The molecule has 0 radical (unpaired) electrons. The Balaban J connectivity index is 3.40. The van der Waals surface area contributed by atoms with E-state index in [1.807, 2.05) is 26.8 Å². The van der Waals surface area contributed by atoms with Crippen LogP contribution in [0.5, 0.6) is 5.75 Å². The number of carbonyl (C=O) groups is 2. The Labute approximate surface area is 118 Å².